The summed E-state index contributed by atoms with van der Waals surface area (Å²) in [5.41, 5.74) is 2.76. The Kier molecular flexibility index (Phi) is 5.38. The summed E-state index contributed by atoms with van der Waals surface area (Å²) in [4.78, 5) is 23.0. The number of anilines is 1. The second-order valence-corrected chi connectivity index (χ2v) is 6.88. The number of rotatable bonds is 6. The Morgan fingerprint density at radius 3 is 2.55 bits per heavy atom. The Morgan fingerprint density at radius 2 is 1.84 bits per heavy atom. The van der Waals surface area contributed by atoms with Gasteiger partial charge in [0.05, 0.1) is 4.92 Å². The molecule has 2 N–H and O–H groups in total. The molecule has 2 aromatic heterocycles. The predicted octanol–water partition coefficient (Wildman–Crippen LogP) is 5.17. The zero-order valence-electron chi connectivity index (χ0n) is 16.5. The maximum Gasteiger partial charge on any atom is 0.291 e. The van der Waals surface area contributed by atoms with Gasteiger partial charge in [-0.05, 0) is 55.0 Å². The molecule has 4 aromatic rings. The molecule has 0 saturated heterocycles. The lowest BCUT2D eigenvalue weighted by Crippen LogP contribution is -2.10. The number of furan rings is 2. The summed E-state index contributed by atoms with van der Waals surface area (Å²) in [6.07, 6.45) is 0. The normalized spacial score (nSPS) is 10.8. The van der Waals surface area contributed by atoms with Crippen LogP contribution in [0.5, 0.6) is 0 Å². The molecule has 0 radical (unpaired) electrons. The molecule has 0 spiro atoms. The van der Waals surface area contributed by atoms with Crippen molar-refractivity contribution in [1.82, 2.24) is 0 Å². The molecule has 0 atom stereocenters. The summed E-state index contributed by atoms with van der Waals surface area (Å²) >= 11 is 0. The number of carbonyl (C=O) groups excluding carboxylic acids is 1. The van der Waals surface area contributed by atoms with E-state index in [1.807, 2.05) is 13.0 Å². The highest BCUT2D eigenvalue weighted by Crippen LogP contribution is 2.29. The zero-order chi connectivity index (χ0) is 22.0. The van der Waals surface area contributed by atoms with Crippen molar-refractivity contribution >= 4 is 17.3 Å². The number of nitrogens with one attached hydrogen (secondary N) is 1. The summed E-state index contributed by atoms with van der Waals surface area (Å²) in [6, 6.07) is 18.0. The van der Waals surface area contributed by atoms with Gasteiger partial charge in [0.25, 0.3) is 11.6 Å². The van der Waals surface area contributed by atoms with E-state index in [1.54, 1.807) is 42.5 Å². The summed E-state index contributed by atoms with van der Waals surface area (Å²) in [7, 11) is 0. The van der Waals surface area contributed by atoms with Crippen molar-refractivity contribution in [2.24, 2.45) is 0 Å². The number of aryl methyl sites for hydroxylation is 1. The van der Waals surface area contributed by atoms with Crippen LogP contribution >= 0.6 is 0 Å². The lowest BCUT2D eigenvalue weighted by molar-refractivity contribution is -0.384. The van der Waals surface area contributed by atoms with Crippen molar-refractivity contribution in [2.75, 3.05) is 5.32 Å². The van der Waals surface area contributed by atoms with Gasteiger partial charge in [-0.1, -0.05) is 12.1 Å². The number of hydrogen-bond acceptors (Lipinski definition) is 6. The van der Waals surface area contributed by atoms with Crippen LogP contribution in [0.3, 0.4) is 0 Å². The Morgan fingerprint density at radius 1 is 1.03 bits per heavy atom. The van der Waals surface area contributed by atoms with Crippen LogP contribution in [0, 0.1) is 17.0 Å². The van der Waals surface area contributed by atoms with E-state index < -0.39 is 10.8 Å². The first-order chi connectivity index (χ1) is 14.9. The first-order valence-corrected chi connectivity index (χ1v) is 9.41. The fraction of sp³-hybridized carbons (Fsp3) is 0.0870. The van der Waals surface area contributed by atoms with Gasteiger partial charge in [0.2, 0.25) is 0 Å². The van der Waals surface area contributed by atoms with Crippen molar-refractivity contribution < 1.29 is 23.7 Å². The van der Waals surface area contributed by atoms with E-state index in [-0.39, 0.29) is 18.1 Å². The molecule has 0 aliphatic rings. The lowest BCUT2D eigenvalue weighted by Gasteiger charge is -2.08. The smallest absolute Gasteiger partial charge is 0.291 e. The highest BCUT2D eigenvalue weighted by molar-refractivity contribution is 6.02. The SMILES string of the molecule is Cc1cc(NC(=O)c2ccc(-c3cccc([N+](=O)[O-])c3)o2)ccc1-c1ccc(CO)o1. The second kappa shape index (κ2) is 8.29. The Balaban J connectivity index is 1.51. The molecule has 0 aliphatic heterocycles. The number of aliphatic hydroxyl groups excluding tert-OH is 1. The molecule has 0 saturated carbocycles. The van der Waals surface area contributed by atoms with Crippen LogP contribution in [0.1, 0.15) is 21.9 Å². The van der Waals surface area contributed by atoms with Gasteiger partial charge in [0.15, 0.2) is 5.76 Å². The van der Waals surface area contributed by atoms with Gasteiger partial charge in [-0.2, -0.15) is 0 Å². The van der Waals surface area contributed by atoms with Crippen LogP contribution in [0.15, 0.2) is 75.6 Å². The fourth-order valence-electron chi connectivity index (χ4n) is 3.21. The van der Waals surface area contributed by atoms with E-state index in [4.69, 9.17) is 13.9 Å². The number of carbonyl (C=O) groups is 1. The van der Waals surface area contributed by atoms with Crippen molar-refractivity contribution in [3.05, 3.63) is 93.9 Å². The Labute approximate surface area is 176 Å². The first kappa shape index (κ1) is 20.1. The van der Waals surface area contributed by atoms with Crippen LogP contribution in [-0.4, -0.2) is 15.9 Å². The van der Waals surface area contributed by atoms with Gasteiger partial charge in [-0.15, -0.1) is 0 Å². The van der Waals surface area contributed by atoms with Gasteiger partial charge in [-0.3, -0.25) is 14.9 Å². The van der Waals surface area contributed by atoms with E-state index in [9.17, 15) is 14.9 Å². The molecule has 8 nitrogen and oxygen atoms in total. The topological polar surface area (TPSA) is 119 Å². The fourth-order valence-corrected chi connectivity index (χ4v) is 3.21. The summed E-state index contributed by atoms with van der Waals surface area (Å²) < 4.78 is 11.2. The van der Waals surface area contributed by atoms with Gasteiger partial charge < -0.3 is 19.3 Å². The number of nitrogens with zero attached hydrogens (tertiary/aromatic N) is 1. The average Bonchev–Trinajstić information content (AvgIpc) is 3.44. The molecule has 1 amide bonds. The van der Waals surface area contributed by atoms with Gasteiger partial charge in [0.1, 0.15) is 23.9 Å². The first-order valence-electron chi connectivity index (χ1n) is 9.41. The van der Waals surface area contributed by atoms with E-state index in [1.165, 1.54) is 18.2 Å². The largest absolute Gasteiger partial charge is 0.459 e. The third kappa shape index (κ3) is 4.24. The molecule has 2 aromatic carbocycles. The van der Waals surface area contributed by atoms with Gasteiger partial charge in [0, 0.05) is 28.9 Å². The number of nitro groups is 1. The molecule has 2 heterocycles. The minimum absolute atomic E-state index is 0.0573. The van der Waals surface area contributed by atoms with Crippen LogP contribution in [0.25, 0.3) is 22.6 Å². The lowest BCUT2D eigenvalue weighted by atomic mass is 10.1. The Hall–Kier alpha value is -4.17. The number of amides is 1. The molecular formula is C23H18N2O6. The van der Waals surface area contributed by atoms with Crippen LogP contribution < -0.4 is 5.32 Å². The quantitative estimate of drug-likeness (QED) is 0.329. The number of non-ortho nitro benzene ring substituents is 1. The van der Waals surface area contributed by atoms with E-state index in [0.717, 1.165) is 11.1 Å². The molecule has 0 unspecified atom stereocenters. The van der Waals surface area contributed by atoms with Crippen molar-refractivity contribution in [3.8, 4) is 22.6 Å². The summed E-state index contributed by atoms with van der Waals surface area (Å²) in [5, 5.41) is 22.9. The highest BCUT2D eigenvalue weighted by Gasteiger charge is 2.15. The Bertz CT molecular complexity index is 1270. The molecule has 4 rings (SSSR count). The van der Waals surface area contributed by atoms with Gasteiger partial charge >= 0.3 is 0 Å². The van der Waals surface area contributed by atoms with E-state index in [0.29, 0.717) is 28.5 Å². The third-order valence-electron chi connectivity index (χ3n) is 4.74. The zero-order valence-corrected chi connectivity index (χ0v) is 16.5. The third-order valence-corrected chi connectivity index (χ3v) is 4.74. The molecule has 31 heavy (non-hydrogen) atoms. The molecular weight excluding hydrogens is 400 g/mol. The molecule has 156 valence electrons. The standard InChI is InChI=1S/C23H18N2O6/c1-14-11-16(5-7-19(14)21-8-6-18(13-26)30-21)24-23(27)22-10-9-20(31-22)15-3-2-4-17(12-15)25(28)29/h2-12,26H,13H2,1H3,(H,24,27). The van der Waals surface area contributed by atoms with Crippen molar-refractivity contribution in [2.45, 2.75) is 13.5 Å². The maximum absolute atomic E-state index is 12.6. The number of aliphatic hydroxyl groups is 1. The minimum atomic E-state index is -0.487. The van der Waals surface area contributed by atoms with Crippen molar-refractivity contribution in [3.63, 3.8) is 0 Å². The van der Waals surface area contributed by atoms with Crippen LogP contribution in [0.4, 0.5) is 11.4 Å². The second-order valence-electron chi connectivity index (χ2n) is 6.88. The van der Waals surface area contributed by atoms with Crippen LogP contribution in [-0.2, 0) is 6.61 Å². The summed E-state index contributed by atoms with van der Waals surface area (Å²) in [5.74, 6) is 1.11. The van der Waals surface area contributed by atoms with Crippen molar-refractivity contribution in [1.29, 1.82) is 0 Å². The highest BCUT2D eigenvalue weighted by atomic mass is 16.6. The summed E-state index contributed by atoms with van der Waals surface area (Å²) in [6.45, 7) is 1.72. The molecule has 0 bridgehead atoms. The van der Waals surface area contributed by atoms with Crippen LogP contribution in [0.2, 0.25) is 0 Å². The number of nitro benzene ring substituents is 1. The average molecular weight is 418 g/mol. The number of hydrogen-bond donors (Lipinski definition) is 2. The van der Waals surface area contributed by atoms with E-state index >= 15 is 0 Å². The van der Waals surface area contributed by atoms with E-state index in [2.05, 4.69) is 5.32 Å². The number of benzene rings is 2. The molecule has 8 heteroatoms. The van der Waals surface area contributed by atoms with Gasteiger partial charge in [-0.25, -0.2) is 0 Å². The monoisotopic (exact) mass is 418 g/mol. The maximum atomic E-state index is 12.6. The molecule has 0 aliphatic carbocycles. The predicted molar refractivity (Wildman–Crippen MR) is 114 cm³/mol. The minimum Gasteiger partial charge on any atom is -0.459 e. The molecule has 0 fully saturated rings.